The molecule has 4 fully saturated rings. The highest BCUT2D eigenvalue weighted by molar-refractivity contribution is 7.97. The van der Waals surface area contributed by atoms with Gasteiger partial charge in [-0.1, -0.05) is 0 Å². The van der Waals surface area contributed by atoms with Gasteiger partial charge in [0.2, 0.25) is 0 Å². The Hall–Kier alpha value is -3.86. The summed E-state index contributed by atoms with van der Waals surface area (Å²) in [4.78, 5) is 39.0. The van der Waals surface area contributed by atoms with Crippen LogP contribution in [0.25, 0.3) is 0 Å². The molecule has 4 aliphatic rings. The minimum atomic E-state index is -1.78. The molecule has 0 aromatic heterocycles. The number of carboxylic acid groups (broad SMARTS) is 1. The van der Waals surface area contributed by atoms with E-state index in [4.69, 9.17) is 9.47 Å². The number of methoxy groups -OCH3 is 1. The molecule has 2 unspecified atom stereocenters. The Morgan fingerprint density at radius 3 is 1.84 bits per heavy atom. The van der Waals surface area contributed by atoms with Crippen LogP contribution >= 0.6 is 0 Å². The van der Waals surface area contributed by atoms with E-state index in [0.717, 1.165) is 43.2 Å². The molecule has 43 heavy (non-hydrogen) atoms. The molecule has 0 aliphatic heterocycles. The fourth-order valence-electron chi connectivity index (χ4n) is 7.32. The lowest BCUT2D eigenvalue weighted by Gasteiger charge is -2.53. The van der Waals surface area contributed by atoms with Crippen LogP contribution < -0.4 is 9.47 Å². The zero-order chi connectivity index (χ0) is 30.8. The smallest absolute Gasteiger partial charge is 0.341 e. The van der Waals surface area contributed by atoms with Gasteiger partial charge >= 0.3 is 11.9 Å². The fraction of sp³-hybridized carbons (Fsp3) is 0.344. The Balaban J connectivity index is 1.53. The van der Waals surface area contributed by atoms with E-state index in [1.54, 1.807) is 0 Å². The number of ketones is 1. The van der Waals surface area contributed by atoms with E-state index in [2.05, 4.69) is 0 Å². The second-order valence-electron chi connectivity index (χ2n) is 11.6. The Morgan fingerprint density at radius 1 is 0.860 bits per heavy atom. The van der Waals surface area contributed by atoms with E-state index in [0.29, 0.717) is 31.4 Å². The number of ether oxygens (including phenoxy) is 2. The topological polar surface area (TPSA) is 89.9 Å². The average molecular weight is 616 g/mol. The van der Waals surface area contributed by atoms with Gasteiger partial charge < -0.3 is 14.6 Å². The van der Waals surface area contributed by atoms with Crippen molar-refractivity contribution in [2.75, 3.05) is 7.11 Å². The first-order valence-corrected chi connectivity index (χ1v) is 15.0. The van der Waals surface area contributed by atoms with Crippen molar-refractivity contribution in [1.82, 2.24) is 0 Å². The Morgan fingerprint density at radius 2 is 1.37 bits per heavy atom. The van der Waals surface area contributed by atoms with E-state index < -0.39 is 51.5 Å². The predicted octanol–water partition coefficient (Wildman–Crippen LogP) is 6.65. The number of benzene rings is 3. The molecule has 0 amide bonds. The third-order valence-electron chi connectivity index (χ3n) is 8.84. The average Bonchev–Trinajstić information content (AvgIpc) is 2.92. The third-order valence-corrected chi connectivity index (χ3v) is 11.2. The third kappa shape index (κ3) is 5.07. The summed E-state index contributed by atoms with van der Waals surface area (Å²) < 4.78 is 69.4. The molecule has 6 nitrogen and oxygen atoms in total. The van der Waals surface area contributed by atoms with Gasteiger partial charge in [0.15, 0.2) is 26.2 Å². The molecule has 0 saturated heterocycles. The van der Waals surface area contributed by atoms with Crippen LogP contribution in [0.3, 0.4) is 0 Å². The van der Waals surface area contributed by atoms with Crippen LogP contribution in [0.2, 0.25) is 0 Å². The van der Waals surface area contributed by atoms with Gasteiger partial charge in [-0.2, -0.15) is 0 Å². The van der Waals surface area contributed by atoms with E-state index in [1.165, 1.54) is 14.0 Å². The van der Waals surface area contributed by atoms with Gasteiger partial charge in [0.05, 0.1) is 18.1 Å². The summed E-state index contributed by atoms with van der Waals surface area (Å²) in [5.74, 6) is -6.10. The first kappa shape index (κ1) is 29.2. The molecule has 7 rings (SSSR count). The molecule has 224 valence electrons. The van der Waals surface area contributed by atoms with E-state index in [1.807, 2.05) is 0 Å². The first-order chi connectivity index (χ1) is 20.4. The molecule has 2 atom stereocenters. The number of hydrogen-bond donors (Lipinski definition) is 1. The number of halogens is 4. The monoisotopic (exact) mass is 615 g/mol. The minimum absolute atomic E-state index is 0.0632. The van der Waals surface area contributed by atoms with Crippen molar-refractivity contribution < 1.29 is 46.5 Å². The van der Waals surface area contributed by atoms with Crippen molar-refractivity contribution in [2.24, 2.45) is 23.2 Å². The SMILES string of the molecule is COc1cc(C(=O)O)c([S+](c2cc(F)cc(F)c2)c2cc(F)cc(F)c2)c(C)c1OC(=O)C12CC3CC(C1)C(=O)C(C3)C2. The summed E-state index contributed by atoms with van der Waals surface area (Å²) in [6, 6.07) is 6.22. The molecule has 4 aliphatic carbocycles. The number of hydrogen-bond acceptors (Lipinski definition) is 5. The molecule has 1 N–H and O–H groups in total. The molecule has 0 heterocycles. The molecule has 4 bridgehead atoms. The minimum Gasteiger partial charge on any atom is -0.493 e. The Labute approximate surface area is 247 Å². The van der Waals surface area contributed by atoms with Gasteiger partial charge in [0.25, 0.3) is 0 Å². The number of carbonyl (C=O) groups excluding carboxylic acids is 2. The molecule has 0 spiro atoms. The van der Waals surface area contributed by atoms with Crippen molar-refractivity contribution in [2.45, 2.75) is 53.7 Å². The van der Waals surface area contributed by atoms with Gasteiger partial charge in [0.1, 0.15) is 45.5 Å². The molecule has 0 radical (unpaired) electrons. The largest absolute Gasteiger partial charge is 0.493 e. The number of carbonyl (C=O) groups is 3. The van der Waals surface area contributed by atoms with Crippen LogP contribution in [-0.4, -0.2) is 29.9 Å². The van der Waals surface area contributed by atoms with Crippen LogP contribution in [0.4, 0.5) is 17.6 Å². The standard InChI is InChI=1S/C32H26F4O6S/c1-15-28(42-31(40)32-12-16-3-17(13-32)27(37)18(4-16)14-32)26(41-2)11-25(30(38)39)29(15)43(23-7-19(33)5-20(34)8-23)24-9-21(35)6-22(36)10-24/h5-11,16-18H,3-4,12-14H2,1-2H3/p+1. The van der Waals surface area contributed by atoms with Gasteiger partial charge in [-0.25, -0.2) is 22.4 Å². The molecular weight excluding hydrogens is 588 g/mol. The van der Waals surface area contributed by atoms with Crippen molar-refractivity contribution in [1.29, 1.82) is 0 Å². The van der Waals surface area contributed by atoms with Crippen molar-refractivity contribution in [3.05, 3.63) is 76.9 Å². The normalized spacial score (nSPS) is 24.0. The fourth-order valence-corrected chi connectivity index (χ4v) is 9.75. The zero-order valence-corrected chi connectivity index (χ0v) is 24.0. The van der Waals surface area contributed by atoms with Crippen molar-refractivity contribution in [3.8, 4) is 11.5 Å². The molecule has 3 aromatic rings. The highest BCUT2D eigenvalue weighted by atomic mass is 32.2. The van der Waals surface area contributed by atoms with Crippen LogP contribution in [0.5, 0.6) is 11.5 Å². The number of esters is 1. The van der Waals surface area contributed by atoms with E-state index in [-0.39, 0.29) is 60.8 Å². The quantitative estimate of drug-likeness (QED) is 0.139. The van der Waals surface area contributed by atoms with Gasteiger partial charge in [0, 0.05) is 54.3 Å². The van der Waals surface area contributed by atoms with Crippen molar-refractivity contribution in [3.63, 3.8) is 0 Å². The Bertz CT molecular complexity index is 1580. The lowest BCUT2D eigenvalue weighted by Crippen LogP contribution is -2.55. The molecule has 11 heteroatoms. The summed E-state index contributed by atoms with van der Waals surface area (Å²) in [6.45, 7) is 1.46. The van der Waals surface area contributed by atoms with Gasteiger partial charge in [-0.15, -0.1) is 0 Å². The zero-order valence-electron chi connectivity index (χ0n) is 23.2. The second kappa shape index (κ2) is 10.7. The predicted molar refractivity (Wildman–Crippen MR) is 146 cm³/mol. The summed E-state index contributed by atoms with van der Waals surface area (Å²) >= 11 is 0. The number of Topliss-reactive ketones (excluding diaryl/α,β-unsaturated/α-hetero) is 1. The molecule has 4 saturated carbocycles. The summed E-state index contributed by atoms with van der Waals surface area (Å²) in [6.07, 6.45) is 2.81. The highest BCUT2D eigenvalue weighted by Crippen LogP contribution is 2.59. The summed E-state index contributed by atoms with van der Waals surface area (Å²) in [7, 11) is -0.514. The first-order valence-electron chi connectivity index (χ1n) is 13.8. The van der Waals surface area contributed by atoms with Gasteiger partial charge in [-0.05, 0) is 44.9 Å². The maximum Gasteiger partial charge on any atom is 0.341 e. The number of rotatable bonds is 7. The van der Waals surface area contributed by atoms with Crippen LogP contribution in [0.15, 0.2) is 57.2 Å². The second-order valence-corrected chi connectivity index (χ2v) is 13.6. The lowest BCUT2D eigenvalue weighted by molar-refractivity contribution is -0.167. The van der Waals surface area contributed by atoms with Crippen molar-refractivity contribution >= 4 is 28.6 Å². The lowest BCUT2D eigenvalue weighted by atomic mass is 9.49. The molecular formula is C32H27F4O6S+. The van der Waals surface area contributed by atoms with E-state index in [9.17, 15) is 37.1 Å². The highest BCUT2D eigenvalue weighted by Gasteiger charge is 2.59. The summed E-state index contributed by atoms with van der Waals surface area (Å²) in [5, 5.41) is 10.2. The number of carboxylic acids is 1. The number of aromatic carboxylic acids is 1. The van der Waals surface area contributed by atoms with Crippen LogP contribution in [-0.2, 0) is 20.5 Å². The summed E-state index contributed by atoms with van der Waals surface area (Å²) in [5.41, 5.74) is -1.16. The maximum absolute atomic E-state index is 14.5. The molecule has 3 aromatic carbocycles. The Kier molecular flexibility index (Phi) is 7.27. The van der Waals surface area contributed by atoms with Gasteiger partial charge in [-0.3, -0.25) is 9.59 Å². The maximum atomic E-state index is 14.5. The van der Waals surface area contributed by atoms with Crippen LogP contribution in [0, 0.1) is 53.4 Å². The van der Waals surface area contributed by atoms with Crippen LogP contribution in [0.1, 0.15) is 48.0 Å². The van der Waals surface area contributed by atoms with E-state index >= 15 is 0 Å².